The van der Waals surface area contributed by atoms with Crippen molar-refractivity contribution in [2.24, 2.45) is 5.92 Å². The summed E-state index contributed by atoms with van der Waals surface area (Å²) in [6, 6.07) is 0. The fourth-order valence-electron chi connectivity index (χ4n) is 2.41. The summed E-state index contributed by atoms with van der Waals surface area (Å²) < 4.78 is 5.74. The predicted octanol–water partition coefficient (Wildman–Crippen LogP) is 2.52. The zero-order valence-corrected chi connectivity index (χ0v) is 10.9. The Hall–Kier alpha value is -0.900. The van der Waals surface area contributed by atoms with Gasteiger partial charge in [0, 0.05) is 18.9 Å². The number of hydrogen-bond acceptors (Lipinski definition) is 4. The van der Waals surface area contributed by atoms with Gasteiger partial charge in [-0.05, 0) is 38.1 Å². The normalized spacial score (nSPS) is 25.1. The molecule has 0 aliphatic heterocycles. The molecule has 1 fully saturated rings. The van der Waals surface area contributed by atoms with E-state index in [1.807, 2.05) is 0 Å². The molecule has 1 aliphatic carbocycles. The van der Waals surface area contributed by atoms with Crippen LogP contribution in [0.15, 0.2) is 4.42 Å². The molecule has 1 aromatic heterocycles. The highest BCUT2D eigenvalue weighted by atomic mass is 16.4. The van der Waals surface area contributed by atoms with Gasteiger partial charge in [0.15, 0.2) is 0 Å². The second-order valence-electron chi connectivity index (χ2n) is 5.09. The highest BCUT2D eigenvalue weighted by Crippen LogP contribution is 2.34. The van der Waals surface area contributed by atoms with Gasteiger partial charge in [-0.1, -0.05) is 13.8 Å². The minimum Gasteiger partial charge on any atom is -0.425 e. The van der Waals surface area contributed by atoms with E-state index in [2.05, 4.69) is 29.4 Å². The Morgan fingerprint density at radius 2 is 2.00 bits per heavy atom. The Balaban J connectivity index is 1.85. The summed E-state index contributed by atoms with van der Waals surface area (Å²) in [6.45, 7) is 6.33. The minimum atomic E-state index is 0.506. The molecule has 0 saturated heterocycles. The molecule has 0 radical (unpaired) electrons. The van der Waals surface area contributed by atoms with E-state index < -0.39 is 0 Å². The molecule has 1 N–H and O–H groups in total. The molecule has 0 atom stereocenters. The number of hydrogen-bond donors (Lipinski definition) is 1. The Morgan fingerprint density at radius 1 is 1.24 bits per heavy atom. The van der Waals surface area contributed by atoms with E-state index in [0.29, 0.717) is 5.92 Å². The number of rotatable bonds is 5. The highest BCUT2D eigenvalue weighted by molar-refractivity contribution is 4.94. The zero-order valence-electron chi connectivity index (χ0n) is 10.9. The van der Waals surface area contributed by atoms with Crippen LogP contribution in [0.3, 0.4) is 0 Å². The number of nitrogens with zero attached hydrogens (tertiary/aromatic N) is 2. The summed E-state index contributed by atoms with van der Waals surface area (Å²) in [6.07, 6.45) is 5.83. The molecule has 0 aromatic carbocycles. The summed E-state index contributed by atoms with van der Waals surface area (Å²) in [5.74, 6) is 3.01. The van der Waals surface area contributed by atoms with Crippen molar-refractivity contribution in [3.63, 3.8) is 0 Å². The van der Waals surface area contributed by atoms with Crippen LogP contribution < -0.4 is 5.32 Å². The van der Waals surface area contributed by atoms with E-state index in [-0.39, 0.29) is 0 Å². The molecule has 0 amide bonds. The van der Waals surface area contributed by atoms with Gasteiger partial charge in [0.1, 0.15) is 0 Å². The zero-order chi connectivity index (χ0) is 12.1. The van der Waals surface area contributed by atoms with Crippen LogP contribution >= 0.6 is 0 Å². The maximum Gasteiger partial charge on any atom is 0.219 e. The van der Waals surface area contributed by atoms with E-state index >= 15 is 0 Å². The van der Waals surface area contributed by atoms with Gasteiger partial charge >= 0.3 is 0 Å². The van der Waals surface area contributed by atoms with Gasteiger partial charge in [-0.15, -0.1) is 10.2 Å². The smallest absolute Gasteiger partial charge is 0.219 e. The van der Waals surface area contributed by atoms with E-state index in [1.54, 1.807) is 0 Å². The average molecular weight is 237 g/mol. The van der Waals surface area contributed by atoms with Crippen molar-refractivity contribution in [3.8, 4) is 0 Å². The lowest BCUT2D eigenvalue weighted by molar-refractivity contribution is 0.302. The molecule has 4 heteroatoms. The summed E-state index contributed by atoms with van der Waals surface area (Å²) in [5, 5.41) is 11.6. The summed E-state index contributed by atoms with van der Waals surface area (Å²) >= 11 is 0. The lowest BCUT2D eigenvalue weighted by atomic mass is 9.83. The molecule has 96 valence electrons. The first-order valence-corrected chi connectivity index (χ1v) is 6.82. The molecule has 0 bridgehead atoms. The first-order chi connectivity index (χ1) is 8.29. The number of nitrogens with one attached hydrogen (secondary N) is 1. The summed E-state index contributed by atoms with van der Waals surface area (Å²) in [4.78, 5) is 0. The molecule has 1 saturated carbocycles. The Bertz CT molecular complexity index is 329. The van der Waals surface area contributed by atoms with Gasteiger partial charge in [0.2, 0.25) is 11.8 Å². The molecular formula is C13H23N3O. The molecular weight excluding hydrogens is 214 g/mol. The fourth-order valence-corrected chi connectivity index (χ4v) is 2.41. The molecule has 4 nitrogen and oxygen atoms in total. The molecule has 1 aliphatic rings. The summed E-state index contributed by atoms with van der Waals surface area (Å²) in [7, 11) is 0. The second kappa shape index (κ2) is 6.15. The summed E-state index contributed by atoms with van der Waals surface area (Å²) in [5.41, 5.74) is 0. The van der Waals surface area contributed by atoms with E-state index in [1.165, 1.54) is 25.7 Å². The van der Waals surface area contributed by atoms with Gasteiger partial charge < -0.3 is 9.73 Å². The lowest BCUT2D eigenvalue weighted by Gasteiger charge is -2.23. The third kappa shape index (κ3) is 3.53. The van der Waals surface area contributed by atoms with E-state index in [0.717, 1.165) is 37.2 Å². The van der Waals surface area contributed by atoms with E-state index in [4.69, 9.17) is 4.42 Å². The van der Waals surface area contributed by atoms with Crippen molar-refractivity contribution in [2.45, 2.75) is 51.9 Å². The molecule has 17 heavy (non-hydrogen) atoms. The lowest BCUT2D eigenvalue weighted by Crippen LogP contribution is -2.16. The topological polar surface area (TPSA) is 51.0 Å². The van der Waals surface area contributed by atoms with Crippen LogP contribution in [-0.4, -0.2) is 23.3 Å². The van der Waals surface area contributed by atoms with Gasteiger partial charge in [0.25, 0.3) is 0 Å². The molecule has 1 aromatic rings. The van der Waals surface area contributed by atoms with Crippen LogP contribution in [0.5, 0.6) is 0 Å². The van der Waals surface area contributed by atoms with E-state index in [9.17, 15) is 0 Å². The van der Waals surface area contributed by atoms with Crippen molar-refractivity contribution >= 4 is 0 Å². The maximum absolute atomic E-state index is 5.74. The molecule has 1 heterocycles. The molecule has 2 rings (SSSR count). The standard InChI is InChI=1S/C13H23N3O/c1-3-14-9-8-12-15-16-13(17-12)11-6-4-10(2)5-7-11/h10-11,14H,3-9H2,1-2H3. The molecule has 0 spiro atoms. The predicted molar refractivity (Wildman–Crippen MR) is 66.9 cm³/mol. The highest BCUT2D eigenvalue weighted by Gasteiger charge is 2.24. The second-order valence-corrected chi connectivity index (χ2v) is 5.09. The SMILES string of the molecule is CCNCCc1nnc(C2CCC(C)CC2)o1. The first-order valence-electron chi connectivity index (χ1n) is 6.82. The minimum absolute atomic E-state index is 0.506. The van der Waals surface area contributed by atoms with Crippen molar-refractivity contribution in [1.82, 2.24) is 15.5 Å². The van der Waals surface area contributed by atoms with Crippen LogP contribution in [0.1, 0.15) is 57.2 Å². The van der Waals surface area contributed by atoms with Crippen molar-refractivity contribution in [3.05, 3.63) is 11.8 Å². The Morgan fingerprint density at radius 3 is 2.71 bits per heavy atom. The quantitative estimate of drug-likeness (QED) is 0.799. The third-order valence-electron chi connectivity index (χ3n) is 3.61. The Labute approximate surface area is 103 Å². The first kappa shape index (κ1) is 12.6. The maximum atomic E-state index is 5.74. The van der Waals surface area contributed by atoms with Gasteiger partial charge in [-0.3, -0.25) is 0 Å². The van der Waals surface area contributed by atoms with Crippen LogP contribution in [-0.2, 0) is 6.42 Å². The van der Waals surface area contributed by atoms with Crippen molar-refractivity contribution in [1.29, 1.82) is 0 Å². The van der Waals surface area contributed by atoms with Crippen molar-refractivity contribution in [2.75, 3.05) is 13.1 Å². The Kier molecular flexibility index (Phi) is 4.54. The van der Waals surface area contributed by atoms with Crippen LogP contribution in [0, 0.1) is 5.92 Å². The monoisotopic (exact) mass is 237 g/mol. The van der Waals surface area contributed by atoms with Gasteiger partial charge in [0.05, 0.1) is 0 Å². The van der Waals surface area contributed by atoms with Crippen LogP contribution in [0.25, 0.3) is 0 Å². The largest absolute Gasteiger partial charge is 0.425 e. The third-order valence-corrected chi connectivity index (χ3v) is 3.61. The van der Waals surface area contributed by atoms with Crippen LogP contribution in [0.2, 0.25) is 0 Å². The number of aromatic nitrogens is 2. The van der Waals surface area contributed by atoms with Crippen molar-refractivity contribution < 1.29 is 4.42 Å². The fraction of sp³-hybridized carbons (Fsp3) is 0.846. The number of likely N-dealkylation sites (N-methyl/N-ethyl adjacent to an activating group) is 1. The van der Waals surface area contributed by atoms with Gasteiger partial charge in [-0.25, -0.2) is 0 Å². The average Bonchev–Trinajstić information content (AvgIpc) is 2.79. The van der Waals surface area contributed by atoms with Gasteiger partial charge in [-0.2, -0.15) is 0 Å². The molecule has 0 unspecified atom stereocenters. The van der Waals surface area contributed by atoms with Crippen LogP contribution in [0.4, 0.5) is 0 Å².